The van der Waals surface area contributed by atoms with Crippen molar-refractivity contribution in [1.29, 1.82) is 0 Å². The zero-order chi connectivity index (χ0) is 15.9. The molecule has 2 aromatic rings. The summed E-state index contributed by atoms with van der Waals surface area (Å²) in [5.41, 5.74) is 1.73. The monoisotopic (exact) mass is 318 g/mol. The Bertz CT molecular complexity index is 640. The van der Waals surface area contributed by atoms with Crippen LogP contribution in [-0.2, 0) is 20.7 Å². The van der Waals surface area contributed by atoms with E-state index in [9.17, 15) is 9.59 Å². The highest BCUT2D eigenvalue weighted by atomic mass is 32.1. The van der Waals surface area contributed by atoms with E-state index in [4.69, 9.17) is 0 Å². The maximum Gasteiger partial charge on any atom is 0.311 e. The van der Waals surface area contributed by atoms with E-state index in [1.54, 1.807) is 5.38 Å². The lowest BCUT2D eigenvalue weighted by atomic mass is 9.98. The number of hydrogen-bond acceptors (Lipinski definition) is 5. The number of methoxy groups -OCH3 is 1. The van der Waals surface area contributed by atoms with Crippen molar-refractivity contribution in [2.24, 2.45) is 0 Å². The first-order valence-electron chi connectivity index (χ1n) is 6.94. The Hall–Kier alpha value is -2.21. The molecule has 0 saturated carbocycles. The van der Waals surface area contributed by atoms with Gasteiger partial charge < -0.3 is 10.1 Å². The van der Waals surface area contributed by atoms with Crippen molar-refractivity contribution in [2.75, 3.05) is 12.4 Å². The SMILES string of the molecule is COC(=O)Cc1csc(NC(=O)C[C@H](C)c2ccccc2)n1. The van der Waals surface area contributed by atoms with Crippen LogP contribution in [0.1, 0.15) is 30.5 Å². The maximum atomic E-state index is 12.0. The predicted molar refractivity (Wildman–Crippen MR) is 85.9 cm³/mol. The summed E-state index contributed by atoms with van der Waals surface area (Å²) in [5, 5.41) is 5.02. The van der Waals surface area contributed by atoms with Crippen LogP contribution < -0.4 is 5.32 Å². The molecule has 0 radical (unpaired) electrons. The number of benzene rings is 1. The van der Waals surface area contributed by atoms with E-state index in [1.807, 2.05) is 37.3 Å². The van der Waals surface area contributed by atoms with Crippen molar-refractivity contribution >= 4 is 28.3 Å². The molecule has 0 saturated heterocycles. The lowest BCUT2D eigenvalue weighted by Gasteiger charge is -2.10. The summed E-state index contributed by atoms with van der Waals surface area (Å²) in [4.78, 5) is 27.4. The van der Waals surface area contributed by atoms with Crippen LogP contribution in [0.15, 0.2) is 35.7 Å². The zero-order valence-electron chi connectivity index (χ0n) is 12.5. The first kappa shape index (κ1) is 16.2. The Morgan fingerprint density at radius 3 is 2.73 bits per heavy atom. The number of ether oxygens (including phenoxy) is 1. The van der Waals surface area contributed by atoms with Crippen molar-refractivity contribution in [1.82, 2.24) is 4.98 Å². The Morgan fingerprint density at radius 2 is 2.05 bits per heavy atom. The van der Waals surface area contributed by atoms with E-state index < -0.39 is 0 Å². The second-order valence-electron chi connectivity index (χ2n) is 4.96. The van der Waals surface area contributed by atoms with Crippen LogP contribution >= 0.6 is 11.3 Å². The minimum atomic E-state index is -0.346. The highest BCUT2D eigenvalue weighted by Crippen LogP contribution is 2.21. The molecule has 1 heterocycles. The number of nitrogens with one attached hydrogen (secondary N) is 1. The molecular weight excluding hydrogens is 300 g/mol. The second-order valence-corrected chi connectivity index (χ2v) is 5.82. The van der Waals surface area contributed by atoms with Crippen molar-refractivity contribution in [3.05, 3.63) is 47.0 Å². The fourth-order valence-corrected chi connectivity index (χ4v) is 2.74. The van der Waals surface area contributed by atoms with Gasteiger partial charge in [-0.25, -0.2) is 4.98 Å². The van der Waals surface area contributed by atoms with Gasteiger partial charge in [-0.05, 0) is 11.5 Å². The fraction of sp³-hybridized carbons (Fsp3) is 0.312. The number of aromatic nitrogens is 1. The number of esters is 1. The van der Waals surface area contributed by atoms with Gasteiger partial charge in [0.1, 0.15) is 0 Å². The van der Waals surface area contributed by atoms with Crippen molar-refractivity contribution in [3.63, 3.8) is 0 Å². The summed E-state index contributed by atoms with van der Waals surface area (Å²) in [6, 6.07) is 9.90. The molecule has 6 heteroatoms. The molecule has 0 aliphatic rings. The molecule has 1 aromatic heterocycles. The number of nitrogens with zero attached hydrogens (tertiary/aromatic N) is 1. The van der Waals surface area contributed by atoms with Crippen molar-refractivity contribution in [2.45, 2.75) is 25.7 Å². The van der Waals surface area contributed by atoms with Gasteiger partial charge in [-0.3, -0.25) is 9.59 Å². The van der Waals surface area contributed by atoms with E-state index >= 15 is 0 Å². The van der Waals surface area contributed by atoms with Gasteiger partial charge >= 0.3 is 5.97 Å². The topological polar surface area (TPSA) is 68.3 Å². The van der Waals surface area contributed by atoms with Gasteiger partial charge in [0.05, 0.1) is 19.2 Å². The van der Waals surface area contributed by atoms with Gasteiger partial charge in [-0.15, -0.1) is 11.3 Å². The van der Waals surface area contributed by atoms with Crippen LogP contribution in [-0.4, -0.2) is 24.0 Å². The molecule has 1 N–H and O–H groups in total. The maximum absolute atomic E-state index is 12.0. The van der Waals surface area contributed by atoms with Gasteiger partial charge in [0.25, 0.3) is 0 Å². The molecule has 0 bridgehead atoms. The van der Waals surface area contributed by atoms with Crippen LogP contribution in [0.3, 0.4) is 0 Å². The minimum Gasteiger partial charge on any atom is -0.469 e. The third-order valence-electron chi connectivity index (χ3n) is 3.21. The van der Waals surface area contributed by atoms with Gasteiger partial charge in [0.2, 0.25) is 5.91 Å². The van der Waals surface area contributed by atoms with Crippen LogP contribution in [0.25, 0.3) is 0 Å². The van der Waals surface area contributed by atoms with Crippen LogP contribution in [0.4, 0.5) is 5.13 Å². The molecule has 1 atom stereocenters. The average molecular weight is 318 g/mol. The third-order valence-corrected chi connectivity index (χ3v) is 4.02. The van der Waals surface area contributed by atoms with E-state index in [0.29, 0.717) is 17.2 Å². The average Bonchev–Trinajstić information content (AvgIpc) is 2.94. The molecule has 0 aliphatic heterocycles. The van der Waals surface area contributed by atoms with Crippen molar-refractivity contribution < 1.29 is 14.3 Å². The van der Waals surface area contributed by atoms with Gasteiger partial charge in [-0.2, -0.15) is 0 Å². The summed E-state index contributed by atoms with van der Waals surface area (Å²) in [5.74, 6) is -0.299. The number of hydrogen-bond donors (Lipinski definition) is 1. The van der Waals surface area contributed by atoms with Gasteiger partial charge in [0, 0.05) is 11.8 Å². The van der Waals surface area contributed by atoms with Crippen LogP contribution in [0.2, 0.25) is 0 Å². The van der Waals surface area contributed by atoms with E-state index in [0.717, 1.165) is 5.56 Å². The van der Waals surface area contributed by atoms with E-state index in [1.165, 1.54) is 18.4 Å². The second kappa shape index (κ2) is 7.70. The molecule has 0 fully saturated rings. The van der Waals surface area contributed by atoms with E-state index in [2.05, 4.69) is 15.0 Å². The van der Waals surface area contributed by atoms with Gasteiger partial charge in [0.15, 0.2) is 5.13 Å². The van der Waals surface area contributed by atoms with Gasteiger partial charge in [-0.1, -0.05) is 37.3 Å². The lowest BCUT2D eigenvalue weighted by Crippen LogP contribution is -2.14. The quantitative estimate of drug-likeness (QED) is 0.831. The predicted octanol–water partition coefficient (Wildman–Crippen LogP) is 2.99. The summed E-state index contributed by atoms with van der Waals surface area (Å²) in [7, 11) is 1.34. The molecule has 0 aliphatic carbocycles. The third kappa shape index (κ3) is 4.66. The molecule has 116 valence electrons. The smallest absolute Gasteiger partial charge is 0.311 e. The molecule has 1 aromatic carbocycles. The van der Waals surface area contributed by atoms with Crippen LogP contribution in [0, 0.1) is 0 Å². The number of carbonyl (C=O) groups excluding carboxylic acids is 2. The molecule has 2 rings (SSSR count). The Kier molecular flexibility index (Phi) is 5.66. The standard InChI is InChI=1S/C16H18N2O3S/c1-11(12-6-4-3-5-7-12)8-14(19)18-16-17-13(10-22-16)9-15(20)21-2/h3-7,10-11H,8-9H2,1-2H3,(H,17,18,19)/t11-/m0/s1. The number of rotatable bonds is 6. The zero-order valence-corrected chi connectivity index (χ0v) is 13.4. The first-order valence-corrected chi connectivity index (χ1v) is 7.82. The Balaban J connectivity index is 1.88. The highest BCUT2D eigenvalue weighted by molar-refractivity contribution is 7.13. The normalized spacial score (nSPS) is 11.7. The molecular formula is C16H18N2O3S. The number of carbonyl (C=O) groups is 2. The summed E-state index contributed by atoms with van der Waals surface area (Å²) in [6.45, 7) is 2.01. The fourth-order valence-electron chi connectivity index (χ4n) is 2.01. The Labute approximate surface area is 133 Å². The van der Waals surface area contributed by atoms with Crippen molar-refractivity contribution in [3.8, 4) is 0 Å². The lowest BCUT2D eigenvalue weighted by molar-refractivity contribution is -0.139. The Morgan fingerprint density at radius 1 is 1.32 bits per heavy atom. The highest BCUT2D eigenvalue weighted by Gasteiger charge is 2.13. The number of amides is 1. The largest absolute Gasteiger partial charge is 0.469 e. The molecule has 1 amide bonds. The summed E-state index contributed by atoms with van der Waals surface area (Å²) < 4.78 is 4.58. The van der Waals surface area contributed by atoms with E-state index in [-0.39, 0.29) is 24.2 Å². The first-order chi connectivity index (χ1) is 10.6. The molecule has 5 nitrogen and oxygen atoms in total. The molecule has 22 heavy (non-hydrogen) atoms. The summed E-state index contributed by atoms with van der Waals surface area (Å²) in [6.07, 6.45) is 0.499. The molecule has 0 unspecified atom stereocenters. The number of thiazole rings is 1. The molecule has 0 spiro atoms. The number of anilines is 1. The van der Waals surface area contributed by atoms with Crippen LogP contribution in [0.5, 0.6) is 0 Å². The minimum absolute atomic E-state index is 0.0877. The summed E-state index contributed by atoms with van der Waals surface area (Å²) >= 11 is 1.30.